The highest BCUT2D eigenvalue weighted by Gasteiger charge is 2.26. The van der Waals surface area contributed by atoms with Gasteiger partial charge in [0.25, 0.3) is 20.2 Å². The van der Waals surface area contributed by atoms with Crippen molar-refractivity contribution >= 4 is 59.1 Å². The summed E-state index contributed by atoms with van der Waals surface area (Å²) in [4.78, 5) is 9.51. The van der Waals surface area contributed by atoms with E-state index in [1.807, 2.05) is 0 Å². The average molecular weight is 502 g/mol. The molecule has 0 spiro atoms. The number of aromatic carboxylic acids is 1. The standard InChI is InChI=1S/C21H14N2O9S2/c24-19-16(21(25)26)10-11-3-1-2-4-14(11)18(19)23-22-13-6-7-15-12(9-13)5-8-17(33(27,28)29)20(15)34(30,31)32/h1-10,24H,(H,25,26)(H,27,28,29)(H,30,31,32). The van der Waals surface area contributed by atoms with Crippen LogP contribution in [0.4, 0.5) is 11.4 Å². The van der Waals surface area contributed by atoms with Crippen LogP contribution in [0.5, 0.6) is 5.75 Å². The van der Waals surface area contributed by atoms with Crippen molar-refractivity contribution in [2.45, 2.75) is 9.79 Å². The lowest BCUT2D eigenvalue weighted by Crippen LogP contribution is -2.09. The van der Waals surface area contributed by atoms with E-state index in [4.69, 9.17) is 0 Å². The van der Waals surface area contributed by atoms with E-state index in [0.717, 1.165) is 12.1 Å². The van der Waals surface area contributed by atoms with Gasteiger partial charge in [-0.25, -0.2) is 4.79 Å². The third kappa shape index (κ3) is 4.20. The summed E-state index contributed by atoms with van der Waals surface area (Å²) in [5, 5.41) is 28.7. The molecular formula is C21H14N2O9S2. The van der Waals surface area contributed by atoms with Crippen molar-refractivity contribution in [2.75, 3.05) is 0 Å². The number of carbonyl (C=O) groups is 1. The van der Waals surface area contributed by atoms with Crippen LogP contribution in [0.1, 0.15) is 10.4 Å². The zero-order chi connectivity index (χ0) is 24.8. The molecule has 174 valence electrons. The number of carboxylic acids is 1. The second kappa shape index (κ2) is 8.14. The molecule has 0 radical (unpaired) electrons. The van der Waals surface area contributed by atoms with Gasteiger partial charge in [0, 0.05) is 10.8 Å². The molecule has 0 fully saturated rings. The number of nitrogens with zero attached hydrogens (tertiary/aromatic N) is 2. The molecule has 0 aliphatic carbocycles. The Hall–Kier alpha value is -3.91. The maximum atomic E-state index is 11.8. The quantitative estimate of drug-likeness (QED) is 0.227. The van der Waals surface area contributed by atoms with E-state index in [0.29, 0.717) is 10.8 Å². The number of fused-ring (bicyclic) bond motifs is 2. The van der Waals surface area contributed by atoms with Gasteiger partial charge in [0.1, 0.15) is 21.0 Å². The smallest absolute Gasteiger partial charge is 0.339 e. The highest BCUT2D eigenvalue weighted by molar-refractivity contribution is 7.89. The lowest BCUT2D eigenvalue weighted by molar-refractivity contribution is 0.0694. The van der Waals surface area contributed by atoms with Gasteiger partial charge in [-0.15, -0.1) is 5.11 Å². The minimum Gasteiger partial charge on any atom is -0.505 e. The van der Waals surface area contributed by atoms with Gasteiger partial charge >= 0.3 is 5.97 Å². The Labute approximate surface area is 192 Å². The molecule has 0 heterocycles. The maximum absolute atomic E-state index is 11.8. The van der Waals surface area contributed by atoms with Crippen molar-refractivity contribution in [1.82, 2.24) is 0 Å². The minimum atomic E-state index is -5.04. The number of hydrogen-bond donors (Lipinski definition) is 4. The van der Waals surface area contributed by atoms with Crippen LogP contribution in [0.15, 0.2) is 80.7 Å². The monoisotopic (exact) mass is 502 g/mol. The number of carboxylic acid groups (broad SMARTS) is 1. The molecule has 11 nitrogen and oxygen atoms in total. The van der Waals surface area contributed by atoms with Crippen LogP contribution >= 0.6 is 0 Å². The normalized spacial score (nSPS) is 12.5. The number of rotatable bonds is 5. The van der Waals surface area contributed by atoms with E-state index >= 15 is 0 Å². The molecule has 13 heteroatoms. The van der Waals surface area contributed by atoms with Crippen molar-refractivity contribution in [3.63, 3.8) is 0 Å². The fourth-order valence-corrected chi connectivity index (χ4v) is 5.49. The topological polar surface area (TPSA) is 191 Å². The molecule has 0 atom stereocenters. The van der Waals surface area contributed by atoms with E-state index in [9.17, 15) is 40.9 Å². The van der Waals surface area contributed by atoms with Crippen LogP contribution < -0.4 is 0 Å². The Bertz CT molecular complexity index is 1750. The van der Waals surface area contributed by atoms with Gasteiger partial charge < -0.3 is 10.2 Å². The number of benzene rings is 4. The fourth-order valence-electron chi connectivity index (χ4n) is 3.49. The molecule has 4 N–H and O–H groups in total. The molecule has 0 aromatic heterocycles. The molecular weight excluding hydrogens is 488 g/mol. The van der Waals surface area contributed by atoms with Gasteiger partial charge in [-0.3, -0.25) is 9.11 Å². The lowest BCUT2D eigenvalue weighted by atomic mass is 10.0. The molecule has 4 aromatic carbocycles. The molecule has 0 aliphatic heterocycles. The third-order valence-electron chi connectivity index (χ3n) is 4.94. The van der Waals surface area contributed by atoms with Crippen molar-refractivity contribution < 1.29 is 40.9 Å². The van der Waals surface area contributed by atoms with Crippen LogP contribution in [0.25, 0.3) is 21.5 Å². The van der Waals surface area contributed by atoms with Gasteiger partial charge in [-0.05, 0) is 35.0 Å². The summed E-state index contributed by atoms with van der Waals surface area (Å²) in [6.45, 7) is 0. The Kier molecular flexibility index (Phi) is 5.57. The fraction of sp³-hybridized carbons (Fsp3) is 0. The maximum Gasteiger partial charge on any atom is 0.339 e. The molecule has 34 heavy (non-hydrogen) atoms. The zero-order valence-electron chi connectivity index (χ0n) is 16.8. The summed E-state index contributed by atoms with van der Waals surface area (Å²) in [5.74, 6) is -1.96. The molecule has 0 bridgehead atoms. The average Bonchev–Trinajstić information content (AvgIpc) is 2.75. The Morgan fingerprint density at radius 2 is 1.44 bits per heavy atom. The van der Waals surface area contributed by atoms with Crippen LogP contribution in [0.2, 0.25) is 0 Å². The van der Waals surface area contributed by atoms with Crippen LogP contribution in [0.3, 0.4) is 0 Å². The van der Waals surface area contributed by atoms with E-state index in [1.54, 1.807) is 24.3 Å². The predicted molar refractivity (Wildman–Crippen MR) is 120 cm³/mol. The van der Waals surface area contributed by atoms with E-state index in [2.05, 4.69) is 10.2 Å². The number of hydrogen-bond acceptors (Lipinski definition) is 8. The summed E-state index contributed by atoms with van der Waals surface area (Å²) in [6, 6.07) is 13.7. The number of phenols is 1. The summed E-state index contributed by atoms with van der Waals surface area (Å²) < 4.78 is 65.6. The van der Waals surface area contributed by atoms with Gasteiger partial charge in [-0.1, -0.05) is 36.4 Å². The largest absolute Gasteiger partial charge is 0.505 e. The molecule has 4 aromatic rings. The summed E-state index contributed by atoms with van der Waals surface area (Å²) in [7, 11) is -9.99. The SMILES string of the molecule is O=C(O)c1cc2ccccc2c(N=Nc2ccc3c(S(=O)(=O)O)c(S(=O)(=O)O)ccc3c2)c1O. The lowest BCUT2D eigenvalue weighted by Gasteiger charge is -2.09. The highest BCUT2D eigenvalue weighted by atomic mass is 32.2. The predicted octanol–water partition coefficient (Wildman–Crippen LogP) is 4.31. The van der Waals surface area contributed by atoms with Gasteiger partial charge in [0.15, 0.2) is 5.75 Å². The number of aromatic hydroxyl groups is 1. The first-order valence-corrected chi connectivity index (χ1v) is 12.2. The zero-order valence-corrected chi connectivity index (χ0v) is 18.4. The Morgan fingerprint density at radius 1 is 0.765 bits per heavy atom. The van der Waals surface area contributed by atoms with Crippen molar-refractivity contribution in [3.8, 4) is 5.75 Å². The molecule has 4 rings (SSSR count). The van der Waals surface area contributed by atoms with Crippen LogP contribution in [0, 0.1) is 0 Å². The second-order valence-electron chi connectivity index (χ2n) is 7.10. The van der Waals surface area contributed by atoms with E-state index in [1.165, 1.54) is 24.3 Å². The third-order valence-corrected chi connectivity index (χ3v) is 6.93. The number of azo groups is 1. The molecule has 0 saturated heterocycles. The minimum absolute atomic E-state index is 0.101. The van der Waals surface area contributed by atoms with Gasteiger partial charge in [0.05, 0.1) is 5.69 Å². The summed E-state index contributed by atoms with van der Waals surface area (Å²) in [5.41, 5.74) is -0.338. The summed E-state index contributed by atoms with van der Waals surface area (Å²) in [6.07, 6.45) is 0. The van der Waals surface area contributed by atoms with E-state index in [-0.39, 0.29) is 27.7 Å². The van der Waals surface area contributed by atoms with Crippen molar-refractivity contribution in [3.05, 3.63) is 66.2 Å². The second-order valence-corrected chi connectivity index (χ2v) is 9.84. The highest BCUT2D eigenvalue weighted by Crippen LogP contribution is 2.40. The van der Waals surface area contributed by atoms with Gasteiger partial charge in [0.2, 0.25) is 0 Å². The van der Waals surface area contributed by atoms with Crippen LogP contribution in [-0.2, 0) is 20.2 Å². The van der Waals surface area contributed by atoms with Crippen molar-refractivity contribution in [1.29, 1.82) is 0 Å². The summed E-state index contributed by atoms with van der Waals surface area (Å²) >= 11 is 0. The molecule has 0 saturated carbocycles. The first-order valence-electron chi connectivity index (χ1n) is 9.29. The van der Waals surface area contributed by atoms with Crippen molar-refractivity contribution in [2.24, 2.45) is 10.2 Å². The van der Waals surface area contributed by atoms with Gasteiger partial charge in [-0.2, -0.15) is 21.9 Å². The molecule has 0 amide bonds. The first kappa shape index (κ1) is 23.3. The first-order chi connectivity index (χ1) is 15.9. The molecule has 0 aliphatic rings. The van der Waals surface area contributed by atoms with E-state index < -0.39 is 41.7 Å². The Balaban J connectivity index is 1.89. The van der Waals surface area contributed by atoms with Crippen LogP contribution in [-0.4, -0.2) is 42.1 Å². The Morgan fingerprint density at radius 3 is 2.09 bits per heavy atom. The molecule has 0 unspecified atom stereocenters.